The smallest absolute Gasteiger partial charge is 0.290 e. The SMILES string of the molecule is Cc1ccc(S(=O)(=O)n2cc(N3CCNCC3)c3ncccc32)cc1.O=CO. The minimum atomic E-state index is -3.67. The molecular formula is C19H22N4O4S. The molecule has 0 bridgehead atoms. The van der Waals surface area contributed by atoms with Crippen molar-refractivity contribution in [2.45, 2.75) is 11.8 Å². The molecule has 0 atom stereocenters. The van der Waals surface area contributed by atoms with Gasteiger partial charge < -0.3 is 15.3 Å². The zero-order chi connectivity index (χ0) is 20.1. The van der Waals surface area contributed by atoms with Gasteiger partial charge in [0.05, 0.1) is 16.1 Å². The van der Waals surface area contributed by atoms with Crippen LogP contribution in [-0.2, 0) is 14.8 Å². The largest absolute Gasteiger partial charge is 0.483 e. The van der Waals surface area contributed by atoms with Crippen molar-refractivity contribution in [1.82, 2.24) is 14.3 Å². The molecule has 3 heterocycles. The van der Waals surface area contributed by atoms with E-state index in [4.69, 9.17) is 9.90 Å². The van der Waals surface area contributed by atoms with E-state index in [1.807, 2.05) is 19.1 Å². The van der Waals surface area contributed by atoms with Gasteiger partial charge in [-0.1, -0.05) is 17.7 Å². The fourth-order valence-electron chi connectivity index (χ4n) is 3.17. The summed E-state index contributed by atoms with van der Waals surface area (Å²) in [4.78, 5) is 15.3. The topological polar surface area (TPSA) is 105 Å². The van der Waals surface area contributed by atoms with Crippen molar-refractivity contribution in [1.29, 1.82) is 0 Å². The molecule has 0 aliphatic carbocycles. The molecule has 3 aromatic rings. The lowest BCUT2D eigenvalue weighted by Crippen LogP contribution is -2.43. The standard InChI is InChI=1S/C18H20N4O2S.CH2O2/c1-14-4-6-15(7-5-14)25(23,24)22-13-17(21-11-9-19-10-12-21)18-16(22)3-2-8-20-18;2-1-3/h2-8,13,19H,9-12H2,1H3;1H,(H,2,3). The van der Waals surface area contributed by atoms with E-state index in [2.05, 4.69) is 15.2 Å². The molecule has 1 saturated heterocycles. The highest BCUT2D eigenvalue weighted by Gasteiger charge is 2.24. The lowest BCUT2D eigenvalue weighted by Gasteiger charge is -2.28. The van der Waals surface area contributed by atoms with Crippen LogP contribution in [-0.4, -0.2) is 55.1 Å². The van der Waals surface area contributed by atoms with E-state index in [1.54, 1.807) is 36.7 Å². The Hall–Kier alpha value is -2.91. The maximum Gasteiger partial charge on any atom is 0.290 e. The molecule has 1 aliphatic rings. The number of carbonyl (C=O) groups is 1. The van der Waals surface area contributed by atoms with Crippen LogP contribution in [0.25, 0.3) is 11.0 Å². The number of hydrogen-bond donors (Lipinski definition) is 2. The van der Waals surface area contributed by atoms with E-state index in [-0.39, 0.29) is 11.4 Å². The summed E-state index contributed by atoms with van der Waals surface area (Å²) in [6, 6.07) is 10.5. The van der Waals surface area contributed by atoms with Crippen LogP contribution in [0.2, 0.25) is 0 Å². The van der Waals surface area contributed by atoms with E-state index in [0.717, 1.165) is 42.9 Å². The van der Waals surface area contributed by atoms with Crippen molar-refractivity contribution in [3.05, 3.63) is 54.4 Å². The molecule has 4 rings (SSSR count). The highest BCUT2D eigenvalue weighted by atomic mass is 32.2. The fraction of sp³-hybridized carbons (Fsp3) is 0.263. The van der Waals surface area contributed by atoms with Gasteiger partial charge in [0, 0.05) is 38.6 Å². The summed E-state index contributed by atoms with van der Waals surface area (Å²) >= 11 is 0. The highest BCUT2D eigenvalue weighted by Crippen LogP contribution is 2.30. The van der Waals surface area contributed by atoms with Gasteiger partial charge in [-0.3, -0.25) is 9.78 Å². The second-order valence-corrected chi connectivity index (χ2v) is 8.16. The Morgan fingerprint density at radius 3 is 2.43 bits per heavy atom. The van der Waals surface area contributed by atoms with Crippen LogP contribution in [0.15, 0.2) is 53.7 Å². The number of carboxylic acid groups (broad SMARTS) is 1. The van der Waals surface area contributed by atoms with Gasteiger partial charge in [0.15, 0.2) is 0 Å². The first-order chi connectivity index (χ1) is 13.5. The maximum atomic E-state index is 13.2. The van der Waals surface area contributed by atoms with Gasteiger partial charge in [0.2, 0.25) is 0 Å². The third-order valence-electron chi connectivity index (χ3n) is 4.54. The molecule has 1 fully saturated rings. The van der Waals surface area contributed by atoms with Crippen molar-refractivity contribution in [3.8, 4) is 0 Å². The summed E-state index contributed by atoms with van der Waals surface area (Å²) < 4.78 is 27.7. The minimum Gasteiger partial charge on any atom is -0.483 e. The summed E-state index contributed by atoms with van der Waals surface area (Å²) in [7, 11) is -3.67. The van der Waals surface area contributed by atoms with Gasteiger partial charge in [-0.25, -0.2) is 12.4 Å². The summed E-state index contributed by atoms with van der Waals surface area (Å²) in [6.07, 6.45) is 3.41. The summed E-state index contributed by atoms with van der Waals surface area (Å²) in [5.41, 5.74) is 3.23. The van der Waals surface area contributed by atoms with Gasteiger partial charge in [0.1, 0.15) is 5.52 Å². The molecule has 1 aliphatic heterocycles. The second kappa shape index (κ2) is 8.41. The van der Waals surface area contributed by atoms with Crippen LogP contribution in [0.5, 0.6) is 0 Å². The number of piperazine rings is 1. The first kappa shape index (κ1) is 19.8. The number of hydrogen-bond acceptors (Lipinski definition) is 6. The maximum absolute atomic E-state index is 13.2. The Bertz CT molecular complexity index is 1060. The van der Waals surface area contributed by atoms with Gasteiger partial charge in [-0.05, 0) is 31.2 Å². The molecule has 28 heavy (non-hydrogen) atoms. The molecule has 9 heteroatoms. The quantitative estimate of drug-likeness (QED) is 0.643. The summed E-state index contributed by atoms with van der Waals surface area (Å²) in [6.45, 7) is 5.11. The van der Waals surface area contributed by atoms with Crippen molar-refractivity contribution in [2.24, 2.45) is 0 Å². The molecule has 148 valence electrons. The molecule has 2 N–H and O–H groups in total. The predicted molar refractivity (Wildman–Crippen MR) is 107 cm³/mol. The Labute approximate surface area is 163 Å². The van der Waals surface area contributed by atoms with Crippen molar-refractivity contribution < 1.29 is 18.3 Å². The highest BCUT2D eigenvalue weighted by molar-refractivity contribution is 7.90. The van der Waals surface area contributed by atoms with Gasteiger partial charge in [-0.2, -0.15) is 0 Å². The number of fused-ring (bicyclic) bond motifs is 1. The minimum absolute atomic E-state index is 0.250. The molecule has 1 aromatic carbocycles. The fourth-order valence-corrected chi connectivity index (χ4v) is 4.53. The third-order valence-corrected chi connectivity index (χ3v) is 6.23. The number of rotatable bonds is 3. The molecule has 2 aromatic heterocycles. The Balaban J connectivity index is 0.000000706. The van der Waals surface area contributed by atoms with Crippen LogP contribution < -0.4 is 10.2 Å². The molecule has 0 unspecified atom stereocenters. The van der Waals surface area contributed by atoms with Crippen molar-refractivity contribution in [3.63, 3.8) is 0 Å². The van der Waals surface area contributed by atoms with Gasteiger partial charge >= 0.3 is 0 Å². The number of pyridine rings is 1. The van der Waals surface area contributed by atoms with E-state index < -0.39 is 10.0 Å². The zero-order valence-corrected chi connectivity index (χ0v) is 16.3. The molecule has 0 radical (unpaired) electrons. The third kappa shape index (κ3) is 3.85. The predicted octanol–water partition coefficient (Wildman–Crippen LogP) is 1.69. The van der Waals surface area contributed by atoms with Crippen LogP contribution in [0.3, 0.4) is 0 Å². The monoisotopic (exact) mass is 402 g/mol. The Morgan fingerprint density at radius 2 is 1.79 bits per heavy atom. The lowest BCUT2D eigenvalue weighted by atomic mass is 10.2. The number of aryl methyl sites for hydroxylation is 1. The van der Waals surface area contributed by atoms with Crippen molar-refractivity contribution >= 4 is 33.2 Å². The normalized spacial score (nSPS) is 14.4. The molecule has 0 amide bonds. The van der Waals surface area contributed by atoms with Crippen LogP contribution in [0, 0.1) is 6.92 Å². The summed E-state index contributed by atoms with van der Waals surface area (Å²) in [5, 5.41) is 10.2. The first-order valence-electron chi connectivity index (χ1n) is 8.81. The van der Waals surface area contributed by atoms with Crippen molar-refractivity contribution in [2.75, 3.05) is 31.1 Å². The molecule has 0 saturated carbocycles. The molecule has 0 spiro atoms. The average Bonchev–Trinajstić information content (AvgIpc) is 3.10. The van der Waals surface area contributed by atoms with E-state index in [0.29, 0.717) is 5.52 Å². The number of nitrogens with zero attached hydrogens (tertiary/aromatic N) is 3. The van der Waals surface area contributed by atoms with Crippen LogP contribution in [0.4, 0.5) is 5.69 Å². The lowest BCUT2D eigenvalue weighted by molar-refractivity contribution is -0.122. The Kier molecular flexibility index (Phi) is 5.96. The van der Waals surface area contributed by atoms with Gasteiger partial charge in [-0.15, -0.1) is 0 Å². The molecular weight excluding hydrogens is 380 g/mol. The van der Waals surface area contributed by atoms with Crippen LogP contribution >= 0.6 is 0 Å². The number of anilines is 1. The number of benzene rings is 1. The van der Waals surface area contributed by atoms with E-state index in [1.165, 1.54) is 3.97 Å². The second-order valence-electron chi connectivity index (χ2n) is 6.34. The van der Waals surface area contributed by atoms with E-state index in [9.17, 15) is 8.42 Å². The Morgan fingerprint density at radius 1 is 1.14 bits per heavy atom. The van der Waals surface area contributed by atoms with Crippen LogP contribution in [0.1, 0.15) is 5.56 Å². The molecule has 8 nitrogen and oxygen atoms in total. The van der Waals surface area contributed by atoms with E-state index >= 15 is 0 Å². The van der Waals surface area contributed by atoms with Gasteiger partial charge in [0.25, 0.3) is 16.5 Å². The zero-order valence-electron chi connectivity index (χ0n) is 15.4. The number of nitrogens with one attached hydrogen (secondary N) is 1. The first-order valence-corrected chi connectivity index (χ1v) is 10.2. The summed E-state index contributed by atoms with van der Waals surface area (Å²) in [5.74, 6) is 0. The average molecular weight is 402 g/mol. The number of aromatic nitrogens is 2.